The molecular weight excluding hydrogens is 174 g/mol. The second kappa shape index (κ2) is 4.13. The van der Waals surface area contributed by atoms with Gasteiger partial charge in [-0.15, -0.1) is 0 Å². The Morgan fingerprint density at radius 3 is 3.07 bits per heavy atom. The number of hydrogen-bond donors (Lipinski definition) is 0. The Hall–Kier alpha value is -0.830. The monoisotopic (exact) mass is 193 g/mol. The lowest BCUT2D eigenvalue weighted by Gasteiger charge is -2.30. The van der Waals surface area contributed by atoms with E-state index in [-0.39, 0.29) is 0 Å². The Kier molecular flexibility index (Phi) is 2.87. The van der Waals surface area contributed by atoms with Crippen LogP contribution in [-0.4, -0.2) is 27.5 Å². The number of nitrogens with zero attached hydrogens (tertiary/aromatic N) is 3. The number of piperidine rings is 1. The predicted octanol–water partition coefficient (Wildman–Crippen LogP) is 1.65. The van der Waals surface area contributed by atoms with Crippen LogP contribution in [0.3, 0.4) is 0 Å². The van der Waals surface area contributed by atoms with E-state index in [4.69, 9.17) is 0 Å². The maximum Gasteiger partial charge on any atom is 0.122 e. The third kappa shape index (κ3) is 2.15. The standard InChI is InChI=1S/C11H19N3/c1-10-4-3-6-14(8-10)9-11-12-5-7-13(11)2/h5,7,10H,3-4,6,8-9H2,1-2H3. The first-order chi connectivity index (χ1) is 6.75. The van der Waals surface area contributed by atoms with Gasteiger partial charge in [-0.25, -0.2) is 4.98 Å². The minimum atomic E-state index is 0.851. The third-order valence-electron chi connectivity index (χ3n) is 3.03. The quantitative estimate of drug-likeness (QED) is 0.712. The second-order valence-electron chi connectivity index (χ2n) is 4.44. The molecule has 1 saturated heterocycles. The SMILES string of the molecule is CC1CCCN(Cc2nccn2C)C1. The smallest absolute Gasteiger partial charge is 0.122 e. The van der Waals surface area contributed by atoms with Crippen molar-refractivity contribution in [1.29, 1.82) is 0 Å². The summed E-state index contributed by atoms with van der Waals surface area (Å²) in [6.07, 6.45) is 6.62. The summed E-state index contributed by atoms with van der Waals surface area (Å²) >= 11 is 0. The van der Waals surface area contributed by atoms with Crippen molar-refractivity contribution in [3.05, 3.63) is 18.2 Å². The van der Waals surface area contributed by atoms with Gasteiger partial charge in [-0.05, 0) is 25.3 Å². The zero-order valence-corrected chi connectivity index (χ0v) is 9.11. The van der Waals surface area contributed by atoms with Crippen LogP contribution in [0, 0.1) is 5.92 Å². The first-order valence-electron chi connectivity index (χ1n) is 5.44. The molecule has 78 valence electrons. The van der Waals surface area contributed by atoms with Gasteiger partial charge in [-0.1, -0.05) is 6.92 Å². The number of aryl methyl sites for hydroxylation is 1. The second-order valence-corrected chi connectivity index (χ2v) is 4.44. The summed E-state index contributed by atoms with van der Waals surface area (Å²) in [5.74, 6) is 2.03. The lowest BCUT2D eigenvalue weighted by atomic mass is 10.0. The fourth-order valence-electron chi connectivity index (χ4n) is 2.18. The summed E-state index contributed by atoms with van der Waals surface area (Å²) in [7, 11) is 2.07. The van der Waals surface area contributed by atoms with Crippen LogP contribution in [0.2, 0.25) is 0 Å². The topological polar surface area (TPSA) is 21.1 Å². The van der Waals surface area contributed by atoms with Crippen molar-refractivity contribution in [3.63, 3.8) is 0 Å². The number of rotatable bonds is 2. The molecule has 0 spiro atoms. The average Bonchev–Trinajstić information content (AvgIpc) is 2.52. The molecule has 1 unspecified atom stereocenters. The minimum Gasteiger partial charge on any atom is -0.337 e. The van der Waals surface area contributed by atoms with E-state index < -0.39 is 0 Å². The minimum absolute atomic E-state index is 0.851. The van der Waals surface area contributed by atoms with Crippen LogP contribution < -0.4 is 0 Å². The molecule has 1 aromatic rings. The summed E-state index contributed by atoms with van der Waals surface area (Å²) in [5, 5.41) is 0. The first kappa shape index (κ1) is 9.71. The van der Waals surface area contributed by atoms with Gasteiger partial charge in [0.2, 0.25) is 0 Å². The van der Waals surface area contributed by atoms with Crippen molar-refractivity contribution < 1.29 is 0 Å². The number of imidazole rings is 1. The lowest BCUT2D eigenvalue weighted by molar-refractivity contribution is 0.171. The molecule has 0 aliphatic carbocycles. The van der Waals surface area contributed by atoms with Gasteiger partial charge in [0.15, 0.2) is 0 Å². The molecule has 0 saturated carbocycles. The van der Waals surface area contributed by atoms with Crippen molar-refractivity contribution in [2.45, 2.75) is 26.3 Å². The average molecular weight is 193 g/mol. The molecule has 0 aromatic carbocycles. The van der Waals surface area contributed by atoms with E-state index in [9.17, 15) is 0 Å². The molecule has 14 heavy (non-hydrogen) atoms. The van der Waals surface area contributed by atoms with Crippen LogP contribution in [0.4, 0.5) is 0 Å². The van der Waals surface area contributed by atoms with Crippen LogP contribution >= 0.6 is 0 Å². The summed E-state index contributed by atoms with van der Waals surface area (Å²) in [5.41, 5.74) is 0. The summed E-state index contributed by atoms with van der Waals surface area (Å²) in [4.78, 5) is 6.87. The molecule has 3 nitrogen and oxygen atoms in total. The van der Waals surface area contributed by atoms with Crippen LogP contribution in [-0.2, 0) is 13.6 Å². The Labute approximate surface area is 85.7 Å². The van der Waals surface area contributed by atoms with E-state index in [2.05, 4.69) is 28.4 Å². The van der Waals surface area contributed by atoms with Crippen molar-refractivity contribution in [1.82, 2.24) is 14.5 Å². The fourth-order valence-corrected chi connectivity index (χ4v) is 2.18. The Bertz CT molecular complexity index is 292. The van der Waals surface area contributed by atoms with E-state index in [0.29, 0.717) is 0 Å². The lowest BCUT2D eigenvalue weighted by Crippen LogP contribution is -2.34. The van der Waals surface area contributed by atoms with Gasteiger partial charge in [-0.2, -0.15) is 0 Å². The maximum absolute atomic E-state index is 4.36. The highest BCUT2D eigenvalue weighted by Crippen LogP contribution is 2.16. The van der Waals surface area contributed by atoms with Gasteiger partial charge in [0.25, 0.3) is 0 Å². The van der Waals surface area contributed by atoms with E-state index in [1.807, 2.05) is 12.4 Å². The molecule has 2 heterocycles. The van der Waals surface area contributed by atoms with E-state index >= 15 is 0 Å². The molecule has 1 fully saturated rings. The molecule has 1 aromatic heterocycles. The normalized spacial score (nSPS) is 24.0. The van der Waals surface area contributed by atoms with Crippen molar-refractivity contribution >= 4 is 0 Å². The molecule has 0 amide bonds. The van der Waals surface area contributed by atoms with Gasteiger partial charge in [-0.3, -0.25) is 4.90 Å². The van der Waals surface area contributed by atoms with E-state index in [0.717, 1.165) is 12.5 Å². The Morgan fingerprint density at radius 2 is 2.43 bits per heavy atom. The highest BCUT2D eigenvalue weighted by Gasteiger charge is 2.17. The summed E-state index contributed by atoms with van der Waals surface area (Å²) in [6, 6.07) is 0. The van der Waals surface area contributed by atoms with Gasteiger partial charge in [0.1, 0.15) is 5.82 Å². The van der Waals surface area contributed by atoms with Crippen LogP contribution in [0.1, 0.15) is 25.6 Å². The largest absolute Gasteiger partial charge is 0.337 e. The van der Waals surface area contributed by atoms with Crippen LogP contribution in [0.15, 0.2) is 12.4 Å². The van der Waals surface area contributed by atoms with Gasteiger partial charge < -0.3 is 4.57 Å². The van der Waals surface area contributed by atoms with Crippen molar-refractivity contribution in [3.8, 4) is 0 Å². The van der Waals surface area contributed by atoms with Crippen LogP contribution in [0.25, 0.3) is 0 Å². The molecule has 1 aliphatic rings. The summed E-state index contributed by atoms with van der Waals surface area (Å²) in [6.45, 7) is 5.81. The third-order valence-corrected chi connectivity index (χ3v) is 3.03. The first-order valence-corrected chi connectivity index (χ1v) is 5.44. The molecule has 3 heteroatoms. The van der Waals surface area contributed by atoms with Crippen molar-refractivity contribution in [2.75, 3.05) is 13.1 Å². The Balaban J connectivity index is 1.94. The number of hydrogen-bond acceptors (Lipinski definition) is 2. The van der Waals surface area contributed by atoms with Crippen molar-refractivity contribution in [2.24, 2.45) is 13.0 Å². The van der Waals surface area contributed by atoms with Gasteiger partial charge in [0, 0.05) is 26.0 Å². The van der Waals surface area contributed by atoms with E-state index in [1.165, 1.54) is 31.8 Å². The molecule has 0 radical (unpaired) electrons. The fraction of sp³-hybridized carbons (Fsp3) is 0.727. The summed E-state index contributed by atoms with van der Waals surface area (Å²) < 4.78 is 2.11. The van der Waals surface area contributed by atoms with Crippen LogP contribution in [0.5, 0.6) is 0 Å². The molecular formula is C11H19N3. The van der Waals surface area contributed by atoms with Gasteiger partial charge >= 0.3 is 0 Å². The highest BCUT2D eigenvalue weighted by molar-refractivity contribution is 4.91. The maximum atomic E-state index is 4.36. The highest BCUT2D eigenvalue weighted by atomic mass is 15.2. The zero-order chi connectivity index (χ0) is 9.97. The van der Waals surface area contributed by atoms with Gasteiger partial charge in [0.05, 0.1) is 6.54 Å². The number of likely N-dealkylation sites (tertiary alicyclic amines) is 1. The predicted molar refractivity (Wildman–Crippen MR) is 56.9 cm³/mol. The zero-order valence-electron chi connectivity index (χ0n) is 9.11. The number of aromatic nitrogens is 2. The molecule has 1 aliphatic heterocycles. The van der Waals surface area contributed by atoms with E-state index in [1.54, 1.807) is 0 Å². The molecule has 2 rings (SSSR count). The molecule has 1 atom stereocenters. The molecule has 0 bridgehead atoms. The Morgan fingerprint density at radius 1 is 1.57 bits per heavy atom. The molecule has 0 N–H and O–H groups in total.